The van der Waals surface area contributed by atoms with Gasteiger partial charge in [-0.1, -0.05) is 38.1 Å². The van der Waals surface area contributed by atoms with E-state index in [1.807, 2.05) is 57.7 Å². The maximum absolute atomic E-state index is 14.3. The highest BCUT2D eigenvalue weighted by Crippen LogP contribution is 2.31. The predicted octanol–water partition coefficient (Wildman–Crippen LogP) is 7.09. The molecular formula is C37H51N5O6S. The summed E-state index contributed by atoms with van der Waals surface area (Å²) in [4.78, 5) is 39.6. The average Bonchev–Trinajstić information content (AvgIpc) is 3.02. The molecule has 0 radical (unpaired) electrons. The third-order valence-corrected chi connectivity index (χ3v) is 10.3. The zero-order valence-corrected chi connectivity index (χ0v) is 30.5. The molecule has 266 valence electrons. The fourth-order valence-electron chi connectivity index (χ4n) is 6.55. The number of fused-ring (bicyclic) bond motifs is 4. The van der Waals surface area contributed by atoms with Crippen molar-refractivity contribution in [1.82, 2.24) is 19.8 Å². The number of carbonyl (C=O) groups is 2. The number of nitrogens with zero attached hydrogens (tertiary/aromatic N) is 4. The van der Waals surface area contributed by atoms with E-state index in [-0.39, 0.29) is 54.3 Å². The van der Waals surface area contributed by atoms with E-state index in [4.69, 9.17) is 9.47 Å². The Kier molecular flexibility index (Phi) is 10.9. The third kappa shape index (κ3) is 9.09. The Hall–Kier alpha value is -4.19. The number of hydrogen-bond donors (Lipinski definition) is 1. The molecule has 2 aromatic carbocycles. The topological polar surface area (TPSA) is 131 Å². The van der Waals surface area contributed by atoms with Crippen LogP contribution in [-0.4, -0.2) is 78.1 Å². The second kappa shape index (κ2) is 14.7. The molecule has 2 amide bonds. The summed E-state index contributed by atoms with van der Waals surface area (Å²) in [5, 5.41) is 0. The van der Waals surface area contributed by atoms with Gasteiger partial charge in [0.05, 0.1) is 16.6 Å². The SMILES string of the molecule is Cc1cccc(C)c1-c1cc2nc(n1)NS(=O)(=O)c1cccc(c1)C(=O)N(CCC1CCN(C(=O)OC(C)(C)C)CC1)[C@H](CC(C)C)CO2.[HH]. The Labute approximate surface area is 292 Å². The molecule has 5 rings (SSSR count). The number of nitrogens with one attached hydrogen (secondary N) is 1. The van der Waals surface area contributed by atoms with Crippen LogP contribution in [0.1, 0.15) is 83.2 Å². The number of likely N-dealkylation sites (tertiary alicyclic amines) is 1. The fourth-order valence-corrected chi connectivity index (χ4v) is 7.53. The number of aromatic nitrogens is 2. The summed E-state index contributed by atoms with van der Waals surface area (Å²) < 4.78 is 41.7. The standard InChI is InChI=1S/C37H49N5O6S.H2/c1-24(2)20-29-23-47-32-22-31(33-25(3)10-8-11-26(33)4)38-35(39-32)40-49(45,46)30-13-9-12-28(21-30)34(43)42(29)19-16-27-14-17-41(18-15-27)36(44)48-37(5,6)7;/h8-13,21-22,24,27,29H,14-20,23H2,1-7H3,(H,38,39,40);1H/t29-;/m1./s1. The third-order valence-electron chi connectivity index (χ3n) is 8.97. The lowest BCUT2D eigenvalue weighted by Gasteiger charge is -2.36. The molecule has 1 fully saturated rings. The van der Waals surface area contributed by atoms with Crippen molar-refractivity contribution in [2.24, 2.45) is 11.8 Å². The number of piperidine rings is 1. The highest BCUT2D eigenvalue weighted by atomic mass is 32.2. The van der Waals surface area contributed by atoms with E-state index in [1.54, 1.807) is 23.1 Å². The Morgan fingerprint density at radius 2 is 1.73 bits per heavy atom. The highest BCUT2D eigenvalue weighted by molar-refractivity contribution is 7.92. The zero-order chi connectivity index (χ0) is 35.5. The normalized spacial score (nSPS) is 18.5. The van der Waals surface area contributed by atoms with Gasteiger partial charge < -0.3 is 19.3 Å². The van der Waals surface area contributed by atoms with E-state index in [0.29, 0.717) is 37.7 Å². The Morgan fingerprint density at radius 1 is 1.06 bits per heavy atom. The van der Waals surface area contributed by atoms with Gasteiger partial charge in [-0.05, 0) is 101 Å². The lowest BCUT2D eigenvalue weighted by molar-refractivity contribution is 0.0174. The first kappa shape index (κ1) is 36.1. The van der Waals surface area contributed by atoms with Gasteiger partial charge in [-0.25, -0.2) is 22.9 Å². The van der Waals surface area contributed by atoms with Gasteiger partial charge in [0.15, 0.2) is 0 Å². The first-order valence-electron chi connectivity index (χ1n) is 17.1. The molecule has 2 aliphatic heterocycles. The van der Waals surface area contributed by atoms with E-state index >= 15 is 0 Å². The molecule has 3 heterocycles. The molecular weight excluding hydrogens is 643 g/mol. The summed E-state index contributed by atoms with van der Waals surface area (Å²) in [5.74, 6) is 0.395. The number of carbonyl (C=O) groups excluding carboxylic acids is 2. The van der Waals surface area contributed by atoms with Gasteiger partial charge in [-0.2, -0.15) is 4.98 Å². The molecule has 3 aromatic rings. The highest BCUT2D eigenvalue weighted by Gasteiger charge is 2.31. The minimum absolute atomic E-state index is 0. The summed E-state index contributed by atoms with van der Waals surface area (Å²) in [6, 6.07) is 13.4. The lowest BCUT2D eigenvalue weighted by Crippen LogP contribution is -2.46. The zero-order valence-electron chi connectivity index (χ0n) is 29.7. The molecule has 11 nitrogen and oxygen atoms in total. The number of rotatable bonds is 6. The van der Waals surface area contributed by atoms with Gasteiger partial charge in [0.1, 0.15) is 12.2 Å². The van der Waals surface area contributed by atoms with Crippen LogP contribution in [0, 0.1) is 25.7 Å². The van der Waals surface area contributed by atoms with E-state index in [9.17, 15) is 18.0 Å². The van der Waals surface area contributed by atoms with Crippen LogP contribution in [0.5, 0.6) is 5.88 Å². The van der Waals surface area contributed by atoms with Crippen LogP contribution in [0.4, 0.5) is 10.7 Å². The molecule has 1 N–H and O–H groups in total. The van der Waals surface area contributed by atoms with Gasteiger partial charge in [0.25, 0.3) is 15.9 Å². The second-order valence-corrected chi connectivity index (χ2v) is 16.3. The molecule has 1 aromatic heterocycles. The van der Waals surface area contributed by atoms with Crippen molar-refractivity contribution in [1.29, 1.82) is 0 Å². The summed E-state index contributed by atoms with van der Waals surface area (Å²) >= 11 is 0. The summed E-state index contributed by atoms with van der Waals surface area (Å²) in [7, 11) is -4.15. The number of anilines is 1. The van der Waals surface area contributed by atoms with Crippen molar-refractivity contribution >= 4 is 28.0 Å². The molecule has 4 bridgehead atoms. The first-order valence-corrected chi connectivity index (χ1v) is 18.6. The van der Waals surface area contributed by atoms with Crippen molar-refractivity contribution in [3.8, 4) is 17.1 Å². The number of benzene rings is 2. The monoisotopic (exact) mass is 693 g/mol. The molecule has 0 spiro atoms. The van der Waals surface area contributed by atoms with Crippen LogP contribution in [0.15, 0.2) is 53.4 Å². The van der Waals surface area contributed by atoms with Crippen LogP contribution in [0.2, 0.25) is 0 Å². The van der Waals surface area contributed by atoms with Crippen molar-refractivity contribution < 1.29 is 28.9 Å². The number of aryl methyl sites for hydroxylation is 2. The largest absolute Gasteiger partial charge is 0.475 e. The number of amides is 2. The van der Waals surface area contributed by atoms with Crippen LogP contribution in [0.25, 0.3) is 11.3 Å². The van der Waals surface area contributed by atoms with Gasteiger partial charge in [0, 0.05) is 38.3 Å². The quantitative estimate of drug-likeness (QED) is 0.290. The number of hydrogen-bond acceptors (Lipinski definition) is 8. The molecule has 1 atom stereocenters. The van der Waals surface area contributed by atoms with E-state index in [1.165, 1.54) is 12.1 Å². The second-order valence-electron chi connectivity index (χ2n) is 14.6. The van der Waals surface area contributed by atoms with Crippen LogP contribution in [-0.2, 0) is 14.8 Å². The predicted molar refractivity (Wildman–Crippen MR) is 191 cm³/mol. The van der Waals surface area contributed by atoms with Crippen molar-refractivity contribution in [2.45, 2.75) is 90.7 Å². The summed E-state index contributed by atoms with van der Waals surface area (Å²) in [6.45, 7) is 15.6. The molecule has 1 saturated heterocycles. The maximum atomic E-state index is 14.3. The number of sulfonamides is 1. The number of ether oxygens (including phenoxy) is 2. The van der Waals surface area contributed by atoms with Crippen molar-refractivity contribution in [3.05, 3.63) is 65.2 Å². The van der Waals surface area contributed by atoms with E-state index in [2.05, 4.69) is 28.5 Å². The molecule has 12 heteroatoms. The van der Waals surface area contributed by atoms with E-state index in [0.717, 1.165) is 36.0 Å². The van der Waals surface area contributed by atoms with Gasteiger partial charge in [-0.3, -0.25) is 4.79 Å². The van der Waals surface area contributed by atoms with Gasteiger partial charge in [-0.15, -0.1) is 0 Å². The van der Waals surface area contributed by atoms with Crippen LogP contribution >= 0.6 is 0 Å². The summed E-state index contributed by atoms with van der Waals surface area (Å²) in [5.41, 5.74) is 3.09. The molecule has 2 aliphatic rings. The van der Waals surface area contributed by atoms with Gasteiger partial charge in [0.2, 0.25) is 11.8 Å². The van der Waals surface area contributed by atoms with E-state index < -0.39 is 15.6 Å². The first-order chi connectivity index (χ1) is 23.1. The molecule has 0 unspecified atom stereocenters. The maximum Gasteiger partial charge on any atom is 0.410 e. The molecule has 0 aliphatic carbocycles. The Bertz CT molecular complexity index is 1770. The summed E-state index contributed by atoms with van der Waals surface area (Å²) in [6.07, 6.45) is 2.71. The van der Waals surface area contributed by atoms with Gasteiger partial charge >= 0.3 is 6.09 Å². The van der Waals surface area contributed by atoms with Crippen molar-refractivity contribution in [2.75, 3.05) is 31.0 Å². The minimum Gasteiger partial charge on any atom is -0.475 e. The fraction of sp³-hybridized carbons (Fsp3) is 0.514. The average molecular weight is 694 g/mol. The Balaban J connectivity index is 0.00000562. The van der Waals surface area contributed by atoms with Crippen molar-refractivity contribution in [3.63, 3.8) is 0 Å². The minimum atomic E-state index is -4.15. The Morgan fingerprint density at radius 3 is 2.39 bits per heavy atom. The molecule has 0 saturated carbocycles. The molecule has 49 heavy (non-hydrogen) atoms. The van der Waals surface area contributed by atoms with Crippen LogP contribution in [0.3, 0.4) is 0 Å². The lowest BCUT2D eigenvalue weighted by atomic mass is 9.92. The van der Waals surface area contributed by atoms with Crippen LogP contribution < -0.4 is 9.46 Å². The smallest absolute Gasteiger partial charge is 0.410 e.